The molecule has 1 unspecified atom stereocenters. The van der Waals surface area contributed by atoms with E-state index in [0.29, 0.717) is 11.3 Å². The van der Waals surface area contributed by atoms with E-state index in [1.165, 1.54) is 17.4 Å². The summed E-state index contributed by atoms with van der Waals surface area (Å²) in [6, 6.07) is 10.1. The molecule has 3 N–H and O–H groups in total. The smallest absolute Gasteiger partial charge is 0.322 e. The Morgan fingerprint density at radius 1 is 1.25 bits per heavy atom. The van der Waals surface area contributed by atoms with Gasteiger partial charge in [-0.3, -0.25) is 14.9 Å². The van der Waals surface area contributed by atoms with Crippen LogP contribution in [0.5, 0.6) is 0 Å². The molecule has 1 atom stereocenters. The molecule has 1 aliphatic heterocycles. The van der Waals surface area contributed by atoms with Gasteiger partial charge in [-0.1, -0.05) is 18.2 Å². The molecule has 0 bridgehead atoms. The standard InChI is InChI=1S/C17H15N3O3S/c1-17(15(22)19-16(23)20-17)11-4-2-5-12(10-11)18-14(21)8-7-13-6-3-9-24-13/h2-10H,1H3,(H,18,21)(H2,19,20,22,23)/b8-7+. The number of carbonyl (C=O) groups excluding carboxylic acids is 3. The lowest BCUT2D eigenvalue weighted by molar-refractivity contribution is -0.123. The molecule has 0 saturated carbocycles. The highest BCUT2D eigenvalue weighted by Crippen LogP contribution is 2.26. The minimum absolute atomic E-state index is 0.273. The van der Waals surface area contributed by atoms with Crippen LogP contribution in [0.2, 0.25) is 0 Å². The number of hydrogen-bond donors (Lipinski definition) is 3. The van der Waals surface area contributed by atoms with Crippen LogP contribution >= 0.6 is 11.3 Å². The zero-order valence-electron chi connectivity index (χ0n) is 12.8. The highest BCUT2D eigenvalue weighted by atomic mass is 32.1. The second-order valence-electron chi connectivity index (χ2n) is 5.45. The van der Waals surface area contributed by atoms with Gasteiger partial charge in [-0.2, -0.15) is 0 Å². The second-order valence-corrected chi connectivity index (χ2v) is 6.43. The van der Waals surface area contributed by atoms with Gasteiger partial charge in [0.15, 0.2) is 0 Å². The van der Waals surface area contributed by atoms with Gasteiger partial charge < -0.3 is 10.6 Å². The van der Waals surface area contributed by atoms with Crippen LogP contribution in [0.1, 0.15) is 17.4 Å². The number of rotatable bonds is 4. The lowest BCUT2D eigenvalue weighted by Crippen LogP contribution is -2.40. The van der Waals surface area contributed by atoms with E-state index >= 15 is 0 Å². The number of hydrogen-bond acceptors (Lipinski definition) is 4. The van der Waals surface area contributed by atoms with Gasteiger partial charge in [0.1, 0.15) is 5.54 Å². The molecule has 2 heterocycles. The van der Waals surface area contributed by atoms with Crippen LogP contribution in [-0.2, 0) is 15.1 Å². The van der Waals surface area contributed by atoms with Crippen molar-refractivity contribution in [3.63, 3.8) is 0 Å². The van der Waals surface area contributed by atoms with E-state index < -0.39 is 17.5 Å². The molecule has 7 heteroatoms. The summed E-state index contributed by atoms with van der Waals surface area (Å²) < 4.78 is 0. The fourth-order valence-electron chi connectivity index (χ4n) is 2.38. The fraction of sp³-hybridized carbons (Fsp3) is 0.118. The van der Waals surface area contributed by atoms with Gasteiger partial charge in [-0.05, 0) is 42.1 Å². The number of urea groups is 1. The van der Waals surface area contributed by atoms with Crippen molar-refractivity contribution in [2.24, 2.45) is 0 Å². The van der Waals surface area contributed by atoms with E-state index in [2.05, 4.69) is 16.0 Å². The third kappa shape index (κ3) is 3.21. The maximum absolute atomic E-state index is 12.0. The van der Waals surface area contributed by atoms with Crippen LogP contribution in [0, 0.1) is 0 Å². The van der Waals surface area contributed by atoms with Gasteiger partial charge in [-0.25, -0.2) is 4.79 Å². The number of benzene rings is 1. The SMILES string of the molecule is CC1(c2cccc(NC(=O)/C=C/c3cccs3)c2)NC(=O)NC1=O. The molecule has 0 radical (unpaired) electrons. The monoisotopic (exact) mass is 341 g/mol. The van der Waals surface area contributed by atoms with Crippen molar-refractivity contribution < 1.29 is 14.4 Å². The Kier molecular flexibility index (Phi) is 4.18. The van der Waals surface area contributed by atoms with Crippen molar-refractivity contribution in [2.75, 3.05) is 5.32 Å². The molecule has 4 amide bonds. The van der Waals surface area contributed by atoms with Crippen LogP contribution in [0.4, 0.5) is 10.5 Å². The van der Waals surface area contributed by atoms with Crippen molar-refractivity contribution in [3.05, 3.63) is 58.3 Å². The third-order valence-corrected chi connectivity index (χ3v) is 4.53. The molecular weight excluding hydrogens is 326 g/mol. The van der Waals surface area contributed by atoms with Crippen LogP contribution < -0.4 is 16.0 Å². The minimum Gasteiger partial charge on any atom is -0.323 e. The second kappa shape index (κ2) is 6.29. The maximum atomic E-state index is 12.0. The lowest BCUT2D eigenvalue weighted by Gasteiger charge is -2.21. The lowest BCUT2D eigenvalue weighted by atomic mass is 9.92. The first-order valence-corrected chi connectivity index (χ1v) is 8.12. The first-order valence-electron chi connectivity index (χ1n) is 7.24. The van der Waals surface area contributed by atoms with Crippen molar-refractivity contribution in [1.29, 1.82) is 0 Å². The molecule has 122 valence electrons. The number of amides is 4. The Hall–Kier alpha value is -2.93. The van der Waals surface area contributed by atoms with Gasteiger partial charge >= 0.3 is 6.03 Å². The van der Waals surface area contributed by atoms with Crippen LogP contribution in [-0.4, -0.2) is 17.8 Å². The number of nitrogens with one attached hydrogen (secondary N) is 3. The van der Waals surface area contributed by atoms with Crippen molar-refractivity contribution in [2.45, 2.75) is 12.5 Å². The Morgan fingerprint density at radius 3 is 2.75 bits per heavy atom. The fourth-order valence-corrected chi connectivity index (χ4v) is 3.00. The largest absolute Gasteiger partial charge is 0.323 e. The predicted molar refractivity (Wildman–Crippen MR) is 92.5 cm³/mol. The number of carbonyl (C=O) groups is 3. The highest BCUT2D eigenvalue weighted by Gasteiger charge is 2.43. The zero-order valence-corrected chi connectivity index (χ0v) is 13.6. The Bertz CT molecular complexity index is 829. The van der Waals surface area contributed by atoms with E-state index in [9.17, 15) is 14.4 Å². The maximum Gasteiger partial charge on any atom is 0.322 e. The van der Waals surface area contributed by atoms with Crippen molar-refractivity contribution >= 4 is 40.9 Å². The summed E-state index contributed by atoms with van der Waals surface area (Å²) in [6.07, 6.45) is 3.18. The van der Waals surface area contributed by atoms with E-state index in [0.717, 1.165) is 4.88 Å². The molecule has 0 spiro atoms. The van der Waals surface area contributed by atoms with Crippen LogP contribution in [0.3, 0.4) is 0 Å². The van der Waals surface area contributed by atoms with E-state index in [1.807, 2.05) is 17.5 Å². The van der Waals surface area contributed by atoms with E-state index in [-0.39, 0.29) is 5.91 Å². The van der Waals surface area contributed by atoms with Crippen LogP contribution in [0.25, 0.3) is 6.08 Å². The number of imide groups is 1. The van der Waals surface area contributed by atoms with Crippen LogP contribution in [0.15, 0.2) is 47.9 Å². The normalized spacial score (nSPS) is 20.0. The predicted octanol–water partition coefficient (Wildman–Crippen LogP) is 2.45. The summed E-state index contributed by atoms with van der Waals surface area (Å²) in [7, 11) is 0. The van der Waals surface area contributed by atoms with Gasteiger partial charge in [0, 0.05) is 16.6 Å². The molecule has 6 nitrogen and oxygen atoms in total. The molecular formula is C17H15N3O3S. The summed E-state index contributed by atoms with van der Waals surface area (Å²) in [5, 5.41) is 9.49. The first-order chi connectivity index (χ1) is 11.5. The topological polar surface area (TPSA) is 87.3 Å². The van der Waals surface area contributed by atoms with Crippen molar-refractivity contribution in [1.82, 2.24) is 10.6 Å². The Labute approximate surface area is 142 Å². The molecule has 1 fully saturated rings. The highest BCUT2D eigenvalue weighted by molar-refractivity contribution is 7.10. The molecule has 1 aliphatic rings. The summed E-state index contributed by atoms with van der Waals surface area (Å²) in [5.74, 6) is -0.695. The molecule has 1 aromatic carbocycles. The molecule has 1 saturated heterocycles. The molecule has 1 aromatic heterocycles. The first kappa shape index (κ1) is 15.9. The molecule has 2 aromatic rings. The van der Waals surface area contributed by atoms with Gasteiger partial charge in [0.25, 0.3) is 5.91 Å². The minimum atomic E-state index is -1.15. The van der Waals surface area contributed by atoms with Gasteiger partial charge in [0.2, 0.25) is 5.91 Å². The number of thiophene rings is 1. The van der Waals surface area contributed by atoms with Gasteiger partial charge in [0.05, 0.1) is 0 Å². The Balaban J connectivity index is 1.75. The van der Waals surface area contributed by atoms with Crippen molar-refractivity contribution in [3.8, 4) is 0 Å². The molecule has 0 aliphatic carbocycles. The number of anilines is 1. The van der Waals surface area contributed by atoms with E-state index in [1.54, 1.807) is 37.3 Å². The average Bonchev–Trinajstić information content (AvgIpc) is 3.14. The summed E-state index contributed by atoms with van der Waals surface area (Å²) in [4.78, 5) is 36.3. The quantitative estimate of drug-likeness (QED) is 0.590. The average molecular weight is 341 g/mol. The summed E-state index contributed by atoms with van der Waals surface area (Å²) >= 11 is 1.54. The zero-order chi connectivity index (χ0) is 17.2. The van der Waals surface area contributed by atoms with Gasteiger partial charge in [-0.15, -0.1) is 11.3 Å². The van der Waals surface area contributed by atoms with E-state index in [4.69, 9.17) is 0 Å². The summed E-state index contributed by atoms with van der Waals surface area (Å²) in [5.41, 5.74) is -0.0145. The summed E-state index contributed by atoms with van der Waals surface area (Å²) in [6.45, 7) is 1.62. The molecule has 3 rings (SSSR count). The third-order valence-electron chi connectivity index (χ3n) is 3.69. The molecule has 24 heavy (non-hydrogen) atoms. The Morgan fingerprint density at radius 2 is 2.08 bits per heavy atom.